The number of hydrogen-bond acceptors (Lipinski definition) is 2. The molecule has 1 unspecified atom stereocenters. The first-order valence-electron chi connectivity index (χ1n) is 6.39. The smallest absolute Gasteiger partial charge is 0.00966 e. The molecule has 2 heteroatoms. The Kier molecular flexibility index (Phi) is 5.48. The lowest BCUT2D eigenvalue weighted by molar-refractivity contribution is 0.186. The standard InChI is InChI=1S/C13H27NS/c1-10(2)7-14(13-5-6-13)8-12(9-15)11(3)4/h10-13,15H,5-9H2,1-4H3. The zero-order chi connectivity index (χ0) is 11.4. The van der Waals surface area contributed by atoms with Crippen molar-refractivity contribution < 1.29 is 0 Å². The Bertz CT molecular complexity index is 175. The average molecular weight is 229 g/mol. The summed E-state index contributed by atoms with van der Waals surface area (Å²) < 4.78 is 0. The van der Waals surface area contributed by atoms with Crippen molar-refractivity contribution in [1.82, 2.24) is 4.90 Å². The van der Waals surface area contributed by atoms with Crippen LogP contribution in [0.1, 0.15) is 40.5 Å². The van der Waals surface area contributed by atoms with Gasteiger partial charge in [0.1, 0.15) is 0 Å². The van der Waals surface area contributed by atoms with E-state index in [-0.39, 0.29) is 0 Å². The molecule has 0 radical (unpaired) electrons. The number of rotatable bonds is 7. The minimum atomic E-state index is 0.757. The van der Waals surface area contributed by atoms with Crippen LogP contribution in [0.25, 0.3) is 0 Å². The summed E-state index contributed by atoms with van der Waals surface area (Å²) in [5, 5.41) is 0. The Labute approximate surface area is 101 Å². The lowest BCUT2D eigenvalue weighted by Crippen LogP contribution is -2.36. The number of nitrogens with zero attached hydrogens (tertiary/aromatic N) is 1. The molecule has 1 aliphatic rings. The van der Waals surface area contributed by atoms with E-state index in [1.54, 1.807) is 0 Å². The molecule has 0 aliphatic heterocycles. The van der Waals surface area contributed by atoms with Gasteiger partial charge in [-0.1, -0.05) is 27.7 Å². The number of thiol groups is 1. The molecular formula is C13H27NS. The third-order valence-corrected chi connectivity index (χ3v) is 3.78. The maximum atomic E-state index is 4.48. The Morgan fingerprint density at radius 3 is 2.07 bits per heavy atom. The predicted molar refractivity (Wildman–Crippen MR) is 71.6 cm³/mol. The summed E-state index contributed by atoms with van der Waals surface area (Å²) in [5.41, 5.74) is 0. The Morgan fingerprint density at radius 2 is 1.73 bits per heavy atom. The molecule has 0 N–H and O–H groups in total. The van der Waals surface area contributed by atoms with Crippen molar-refractivity contribution in [3.05, 3.63) is 0 Å². The van der Waals surface area contributed by atoms with Crippen molar-refractivity contribution in [2.45, 2.75) is 46.6 Å². The van der Waals surface area contributed by atoms with Gasteiger partial charge in [-0.05, 0) is 36.3 Å². The van der Waals surface area contributed by atoms with Crippen LogP contribution in [0.3, 0.4) is 0 Å². The molecule has 1 saturated carbocycles. The first-order valence-corrected chi connectivity index (χ1v) is 7.02. The Balaban J connectivity index is 2.41. The predicted octanol–water partition coefficient (Wildman–Crippen LogP) is 3.31. The van der Waals surface area contributed by atoms with Crippen LogP contribution in [0.5, 0.6) is 0 Å². The largest absolute Gasteiger partial charge is 0.300 e. The molecular weight excluding hydrogens is 202 g/mol. The van der Waals surface area contributed by atoms with E-state index in [2.05, 4.69) is 45.2 Å². The molecule has 1 rings (SSSR count). The van der Waals surface area contributed by atoms with Crippen LogP contribution in [0.4, 0.5) is 0 Å². The SMILES string of the molecule is CC(C)CN(CC(CS)C(C)C)C1CC1. The topological polar surface area (TPSA) is 3.24 Å². The van der Waals surface area contributed by atoms with E-state index in [0.29, 0.717) is 0 Å². The van der Waals surface area contributed by atoms with Crippen LogP contribution >= 0.6 is 12.6 Å². The van der Waals surface area contributed by atoms with Crippen molar-refractivity contribution in [1.29, 1.82) is 0 Å². The first-order chi connectivity index (χ1) is 7.04. The van der Waals surface area contributed by atoms with Gasteiger partial charge < -0.3 is 0 Å². The highest BCUT2D eigenvalue weighted by Gasteiger charge is 2.31. The van der Waals surface area contributed by atoms with Crippen LogP contribution < -0.4 is 0 Å². The summed E-state index contributed by atoms with van der Waals surface area (Å²) in [6.07, 6.45) is 2.84. The van der Waals surface area contributed by atoms with Crippen LogP contribution in [0, 0.1) is 17.8 Å². The molecule has 1 aliphatic carbocycles. The third kappa shape index (κ3) is 4.78. The van der Waals surface area contributed by atoms with Crippen LogP contribution in [0.2, 0.25) is 0 Å². The van der Waals surface area contributed by atoms with E-state index in [1.165, 1.54) is 25.9 Å². The average Bonchev–Trinajstić information content (AvgIpc) is 2.93. The molecule has 15 heavy (non-hydrogen) atoms. The van der Waals surface area contributed by atoms with Gasteiger partial charge in [0, 0.05) is 19.1 Å². The lowest BCUT2D eigenvalue weighted by Gasteiger charge is -2.30. The van der Waals surface area contributed by atoms with E-state index in [4.69, 9.17) is 0 Å². The van der Waals surface area contributed by atoms with Crippen molar-refractivity contribution in [3.63, 3.8) is 0 Å². The fraction of sp³-hybridized carbons (Fsp3) is 1.00. The molecule has 0 spiro atoms. The third-order valence-electron chi connectivity index (χ3n) is 3.31. The van der Waals surface area contributed by atoms with Gasteiger partial charge in [0.2, 0.25) is 0 Å². The fourth-order valence-corrected chi connectivity index (χ4v) is 2.60. The molecule has 1 atom stereocenters. The van der Waals surface area contributed by atoms with E-state index < -0.39 is 0 Å². The summed E-state index contributed by atoms with van der Waals surface area (Å²) in [6, 6.07) is 0.897. The Morgan fingerprint density at radius 1 is 1.13 bits per heavy atom. The first kappa shape index (κ1) is 13.4. The van der Waals surface area contributed by atoms with Crippen molar-refractivity contribution >= 4 is 12.6 Å². The second kappa shape index (κ2) is 6.15. The fourth-order valence-electron chi connectivity index (χ4n) is 2.06. The van der Waals surface area contributed by atoms with Crippen molar-refractivity contribution in [2.24, 2.45) is 17.8 Å². The minimum Gasteiger partial charge on any atom is -0.300 e. The quantitative estimate of drug-likeness (QED) is 0.656. The maximum Gasteiger partial charge on any atom is 0.00966 e. The van der Waals surface area contributed by atoms with Gasteiger partial charge >= 0.3 is 0 Å². The summed E-state index contributed by atoms with van der Waals surface area (Å²) in [7, 11) is 0. The second-order valence-corrected chi connectivity index (χ2v) is 6.13. The molecule has 90 valence electrons. The van der Waals surface area contributed by atoms with E-state index in [1.807, 2.05) is 0 Å². The van der Waals surface area contributed by atoms with Crippen LogP contribution in [-0.4, -0.2) is 29.8 Å². The maximum absolute atomic E-state index is 4.48. The molecule has 1 fully saturated rings. The summed E-state index contributed by atoms with van der Waals surface area (Å²) in [4.78, 5) is 2.70. The molecule has 0 heterocycles. The van der Waals surface area contributed by atoms with Crippen molar-refractivity contribution in [2.75, 3.05) is 18.8 Å². The van der Waals surface area contributed by atoms with Crippen LogP contribution in [-0.2, 0) is 0 Å². The highest BCUT2D eigenvalue weighted by molar-refractivity contribution is 7.80. The van der Waals surface area contributed by atoms with Gasteiger partial charge in [0.25, 0.3) is 0 Å². The highest BCUT2D eigenvalue weighted by atomic mass is 32.1. The van der Waals surface area contributed by atoms with E-state index in [0.717, 1.165) is 29.5 Å². The van der Waals surface area contributed by atoms with E-state index >= 15 is 0 Å². The molecule has 0 aromatic rings. The van der Waals surface area contributed by atoms with Crippen LogP contribution in [0.15, 0.2) is 0 Å². The summed E-state index contributed by atoms with van der Waals surface area (Å²) in [6.45, 7) is 11.8. The summed E-state index contributed by atoms with van der Waals surface area (Å²) in [5.74, 6) is 3.33. The monoisotopic (exact) mass is 229 g/mol. The number of hydrogen-bond donors (Lipinski definition) is 1. The molecule has 0 amide bonds. The van der Waals surface area contributed by atoms with Gasteiger partial charge in [-0.2, -0.15) is 12.6 Å². The lowest BCUT2D eigenvalue weighted by atomic mass is 9.97. The zero-order valence-corrected chi connectivity index (χ0v) is 11.6. The second-order valence-electron chi connectivity index (χ2n) is 5.77. The molecule has 0 aromatic heterocycles. The van der Waals surface area contributed by atoms with Gasteiger partial charge in [-0.3, -0.25) is 4.90 Å². The molecule has 0 aromatic carbocycles. The molecule has 0 bridgehead atoms. The summed E-state index contributed by atoms with van der Waals surface area (Å²) >= 11 is 4.48. The molecule has 1 nitrogen and oxygen atoms in total. The van der Waals surface area contributed by atoms with Gasteiger partial charge in [0.05, 0.1) is 0 Å². The molecule has 0 saturated heterocycles. The highest BCUT2D eigenvalue weighted by Crippen LogP contribution is 2.29. The van der Waals surface area contributed by atoms with Gasteiger partial charge in [0.15, 0.2) is 0 Å². The van der Waals surface area contributed by atoms with E-state index in [9.17, 15) is 0 Å². The van der Waals surface area contributed by atoms with Crippen molar-refractivity contribution in [3.8, 4) is 0 Å². The zero-order valence-electron chi connectivity index (χ0n) is 10.7. The Hall–Kier alpha value is 0.310. The van der Waals surface area contributed by atoms with Gasteiger partial charge in [-0.25, -0.2) is 0 Å². The normalized spacial score (nSPS) is 19.2. The minimum absolute atomic E-state index is 0.757. The van der Waals surface area contributed by atoms with Gasteiger partial charge in [-0.15, -0.1) is 0 Å².